The lowest BCUT2D eigenvalue weighted by Gasteiger charge is -2.09. The van der Waals surface area contributed by atoms with Crippen molar-refractivity contribution < 1.29 is 27.1 Å². The number of halogens is 3. The zero-order valence-electron chi connectivity index (χ0n) is 13.4. The van der Waals surface area contributed by atoms with Crippen LogP contribution in [-0.4, -0.2) is 13.0 Å². The maximum atomic E-state index is 12.6. The van der Waals surface area contributed by atoms with Crippen LogP contribution in [0.4, 0.5) is 18.9 Å². The Morgan fingerprint density at radius 1 is 1.12 bits per heavy atom. The molecule has 0 saturated heterocycles. The molecular formula is C18H12F3NO4. The number of amides is 1. The first-order valence-corrected chi connectivity index (χ1v) is 7.39. The van der Waals surface area contributed by atoms with Crippen molar-refractivity contribution in [1.82, 2.24) is 0 Å². The molecule has 3 rings (SSSR count). The monoisotopic (exact) mass is 363 g/mol. The smallest absolute Gasteiger partial charge is 0.416 e. The summed E-state index contributed by atoms with van der Waals surface area (Å²) >= 11 is 0. The highest BCUT2D eigenvalue weighted by Gasteiger charge is 2.30. The fourth-order valence-electron chi connectivity index (χ4n) is 2.38. The van der Waals surface area contributed by atoms with Gasteiger partial charge in [-0.15, -0.1) is 0 Å². The molecule has 1 heterocycles. The molecule has 8 heteroatoms. The Hall–Kier alpha value is -3.29. The van der Waals surface area contributed by atoms with Crippen LogP contribution in [0.25, 0.3) is 11.0 Å². The van der Waals surface area contributed by atoms with Crippen LogP contribution in [0.3, 0.4) is 0 Å². The van der Waals surface area contributed by atoms with Crippen molar-refractivity contribution in [3.63, 3.8) is 0 Å². The molecule has 0 unspecified atom stereocenters. The molecule has 0 spiro atoms. The number of anilines is 1. The molecular weight excluding hydrogens is 351 g/mol. The minimum absolute atomic E-state index is 0.119. The zero-order valence-corrected chi connectivity index (χ0v) is 13.4. The third-order valence-electron chi connectivity index (χ3n) is 3.66. The topological polar surface area (TPSA) is 68.5 Å². The summed E-state index contributed by atoms with van der Waals surface area (Å²) in [5.41, 5.74) is -1.68. The zero-order chi connectivity index (χ0) is 18.9. The van der Waals surface area contributed by atoms with Gasteiger partial charge in [-0.1, -0.05) is 12.1 Å². The number of carbonyl (C=O) groups excluding carboxylic acids is 1. The van der Waals surface area contributed by atoms with Gasteiger partial charge >= 0.3 is 11.8 Å². The summed E-state index contributed by atoms with van der Waals surface area (Å²) in [6.07, 6.45) is -4.47. The Labute approximate surface area is 145 Å². The highest BCUT2D eigenvalue weighted by Crippen LogP contribution is 2.30. The highest BCUT2D eigenvalue weighted by molar-refractivity contribution is 6.05. The number of fused-ring (bicyclic) bond motifs is 1. The van der Waals surface area contributed by atoms with E-state index in [-0.39, 0.29) is 16.8 Å². The molecule has 1 N–H and O–H groups in total. The van der Waals surface area contributed by atoms with Gasteiger partial charge < -0.3 is 14.5 Å². The van der Waals surface area contributed by atoms with E-state index in [0.717, 1.165) is 24.3 Å². The molecule has 1 aromatic heterocycles. The fraction of sp³-hybridized carbons (Fsp3) is 0.111. The number of rotatable bonds is 3. The van der Waals surface area contributed by atoms with Crippen LogP contribution in [0.1, 0.15) is 15.9 Å². The van der Waals surface area contributed by atoms with E-state index >= 15 is 0 Å². The second-order valence-electron chi connectivity index (χ2n) is 5.36. The van der Waals surface area contributed by atoms with Crippen molar-refractivity contribution in [3.8, 4) is 5.75 Å². The van der Waals surface area contributed by atoms with Crippen LogP contribution in [0.5, 0.6) is 5.75 Å². The molecule has 2 aromatic carbocycles. The van der Waals surface area contributed by atoms with Crippen molar-refractivity contribution in [3.05, 3.63) is 70.1 Å². The van der Waals surface area contributed by atoms with Gasteiger partial charge in [-0.05, 0) is 36.4 Å². The van der Waals surface area contributed by atoms with E-state index in [2.05, 4.69) is 5.32 Å². The van der Waals surface area contributed by atoms with Crippen molar-refractivity contribution in [2.75, 3.05) is 12.4 Å². The van der Waals surface area contributed by atoms with Gasteiger partial charge in [-0.25, -0.2) is 4.79 Å². The second kappa shape index (κ2) is 6.55. The van der Waals surface area contributed by atoms with E-state index in [1.54, 1.807) is 18.2 Å². The number of methoxy groups -OCH3 is 1. The maximum Gasteiger partial charge on any atom is 0.416 e. The van der Waals surface area contributed by atoms with Gasteiger partial charge in [0.2, 0.25) is 0 Å². The van der Waals surface area contributed by atoms with Gasteiger partial charge in [0, 0.05) is 11.1 Å². The molecule has 0 saturated carbocycles. The van der Waals surface area contributed by atoms with Gasteiger partial charge in [0.05, 0.1) is 12.7 Å². The molecule has 0 radical (unpaired) electrons. The molecule has 0 bridgehead atoms. The first kappa shape index (κ1) is 17.5. The standard InChI is InChI=1S/C18H12F3NO4/c1-25-14-4-2-3-10-9-13(17(24)26-15(10)14)16(23)22-12-7-5-11(6-8-12)18(19,20)21/h2-9H,1H3,(H,22,23). The summed E-state index contributed by atoms with van der Waals surface area (Å²) in [5, 5.41) is 2.85. The Balaban J connectivity index is 1.90. The van der Waals surface area contributed by atoms with Crippen LogP contribution in [0.15, 0.2) is 57.7 Å². The predicted octanol–water partition coefficient (Wildman–Crippen LogP) is 4.07. The quantitative estimate of drug-likeness (QED) is 0.712. The largest absolute Gasteiger partial charge is 0.493 e. The summed E-state index contributed by atoms with van der Waals surface area (Å²) in [5.74, 6) is -0.447. The number of hydrogen-bond acceptors (Lipinski definition) is 4. The summed E-state index contributed by atoms with van der Waals surface area (Å²) in [4.78, 5) is 24.4. The Bertz CT molecular complexity index is 1020. The highest BCUT2D eigenvalue weighted by atomic mass is 19.4. The molecule has 0 fully saturated rings. The molecule has 26 heavy (non-hydrogen) atoms. The van der Waals surface area contributed by atoms with E-state index in [9.17, 15) is 22.8 Å². The van der Waals surface area contributed by atoms with Gasteiger partial charge in [0.1, 0.15) is 5.56 Å². The number of hydrogen-bond donors (Lipinski definition) is 1. The molecule has 1 amide bonds. The summed E-state index contributed by atoms with van der Waals surface area (Å²) < 4.78 is 47.9. The van der Waals surface area contributed by atoms with Crippen molar-refractivity contribution in [2.24, 2.45) is 0 Å². The maximum absolute atomic E-state index is 12.6. The minimum atomic E-state index is -4.47. The third-order valence-corrected chi connectivity index (χ3v) is 3.66. The van der Waals surface area contributed by atoms with Gasteiger partial charge in [0.15, 0.2) is 11.3 Å². The van der Waals surface area contributed by atoms with Crippen LogP contribution in [0, 0.1) is 0 Å². The average Bonchev–Trinajstić information content (AvgIpc) is 2.60. The third kappa shape index (κ3) is 3.39. The molecule has 0 aliphatic carbocycles. The number of carbonyl (C=O) groups is 1. The van der Waals surface area contributed by atoms with E-state index < -0.39 is 23.3 Å². The second-order valence-corrected chi connectivity index (χ2v) is 5.36. The molecule has 134 valence electrons. The van der Waals surface area contributed by atoms with Crippen LogP contribution in [0.2, 0.25) is 0 Å². The number of para-hydroxylation sites is 1. The van der Waals surface area contributed by atoms with Gasteiger partial charge in [0.25, 0.3) is 5.91 Å². The fourth-order valence-corrected chi connectivity index (χ4v) is 2.38. The van der Waals surface area contributed by atoms with Crippen molar-refractivity contribution in [2.45, 2.75) is 6.18 Å². The van der Waals surface area contributed by atoms with Crippen molar-refractivity contribution in [1.29, 1.82) is 0 Å². The minimum Gasteiger partial charge on any atom is -0.493 e. The van der Waals surface area contributed by atoms with Crippen LogP contribution >= 0.6 is 0 Å². The van der Waals surface area contributed by atoms with E-state index in [0.29, 0.717) is 11.1 Å². The normalized spacial score (nSPS) is 11.4. The summed E-state index contributed by atoms with van der Waals surface area (Å²) in [6.45, 7) is 0. The lowest BCUT2D eigenvalue weighted by molar-refractivity contribution is -0.137. The lowest BCUT2D eigenvalue weighted by Crippen LogP contribution is -2.20. The van der Waals surface area contributed by atoms with Crippen molar-refractivity contribution >= 4 is 22.6 Å². The molecule has 5 nitrogen and oxygen atoms in total. The van der Waals surface area contributed by atoms with E-state index in [4.69, 9.17) is 9.15 Å². The van der Waals surface area contributed by atoms with Gasteiger partial charge in [-0.2, -0.15) is 13.2 Å². The number of alkyl halides is 3. The summed E-state index contributed by atoms with van der Waals surface area (Å²) in [6, 6.07) is 10.1. The Kier molecular flexibility index (Phi) is 4.41. The molecule has 0 aliphatic heterocycles. The molecule has 0 aliphatic rings. The Morgan fingerprint density at radius 3 is 2.42 bits per heavy atom. The van der Waals surface area contributed by atoms with E-state index in [1.165, 1.54) is 13.2 Å². The average molecular weight is 363 g/mol. The predicted molar refractivity (Wildman–Crippen MR) is 88.4 cm³/mol. The lowest BCUT2D eigenvalue weighted by atomic mass is 10.1. The SMILES string of the molecule is COc1cccc2cc(C(=O)Nc3ccc(C(F)(F)F)cc3)c(=O)oc12. The number of nitrogens with one attached hydrogen (secondary N) is 1. The van der Waals surface area contributed by atoms with Crippen LogP contribution in [-0.2, 0) is 6.18 Å². The van der Waals surface area contributed by atoms with Crippen LogP contribution < -0.4 is 15.7 Å². The number of ether oxygens (including phenoxy) is 1. The van der Waals surface area contributed by atoms with Gasteiger partial charge in [-0.3, -0.25) is 4.79 Å². The van der Waals surface area contributed by atoms with E-state index in [1.807, 2.05) is 0 Å². The molecule has 0 atom stereocenters. The number of benzene rings is 2. The Morgan fingerprint density at radius 2 is 1.81 bits per heavy atom. The first-order valence-electron chi connectivity index (χ1n) is 7.39. The molecule has 3 aromatic rings. The first-order chi connectivity index (χ1) is 12.3. The summed E-state index contributed by atoms with van der Waals surface area (Å²) in [7, 11) is 1.42.